The van der Waals surface area contributed by atoms with Gasteiger partial charge in [0.1, 0.15) is 0 Å². The third kappa shape index (κ3) is 2.73. The van der Waals surface area contributed by atoms with Crippen molar-refractivity contribution in [3.8, 4) is 0 Å². The zero-order valence-electron chi connectivity index (χ0n) is 9.41. The van der Waals surface area contributed by atoms with Crippen molar-refractivity contribution in [1.29, 1.82) is 0 Å². The highest BCUT2D eigenvalue weighted by Gasteiger charge is 2.30. The van der Waals surface area contributed by atoms with Gasteiger partial charge in [-0.25, -0.2) is 0 Å². The van der Waals surface area contributed by atoms with E-state index < -0.39 is 0 Å². The Morgan fingerprint density at radius 3 is 2.43 bits per heavy atom. The highest BCUT2D eigenvalue weighted by Crippen LogP contribution is 2.39. The Kier molecular flexibility index (Phi) is 3.48. The van der Waals surface area contributed by atoms with Crippen LogP contribution in [-0.4, -0.2) is 11.2 Å². The summed E-state index contributed by atoms with van der Waals surface area (Å²) in [5.74, 6) is 2.53. The standard InChI is InChI=1S/C13H24O/c1-2-10-5-7-12(9-10)13(14)8-6-11-3-4-11/h10-14H,2-9H2,1H3. The van der Waals surface area contributed by atoms with Gasteiger partial charge in [-0.1, -0.05) is 32.6 Å². The summed E-state index contributed by atoms with van der Waals surface area (Å²) in [7, 11) is 0. The van der Waals surface area contributed by atoms with Gasteiger partial charge in [0.2, 0.25) is 0 Å². The molecule has 1 nitrogen and oxygen atoms in total. The molecule has 0 heterocycles. The van der Waals surface area contributed by atoms with E-state index in [9.17, 15) is 5.11 Å². The Balaban J connectivity index is 1.66. The first-order chi connectivity index (χ1) is 6.79. The number of hydrogen-bond donors (Lipinski definition) is 1. The van der Waals surface area contributed by atoms with Gasteiger partial charge >= 0.3 is 0 Å². The monoisotopic (exact) mass is 196 g/mol. The molecule has 1 heteroatoms. The summed E-state index contributed by atoms with van der Waals surface area (Å²) in [5.41, 5.74) is 0. The Morgan fingerprint density at radius 2 is 1.86 bits per heavy atom. The van der Waals surface area contributed by atoms with E-state index in [2.05, 4.69) is 6.92 Å². The van der Waals surface area contributed by atoms with Gasteiger partial charge in [-0.2, -0.15) is 0 Å². The van der Waals surface area contributed by atoms with E-state index in [-0.39, 0.29) is 6.10 Å². The molecular formula is C13H24O. The molecule has 2 aliphatic rings. The van der Waals surface area contributed by atoms with Crippen LogP contribution in [0, 0.1) is 17.8 Å². The maximum atomic E-state index is 10.0. The molecule has 2 saturated carbocycles. The Bertz CT molecular complexity index is 174. The molecule has 0 spiro atoms. The smallest absolute Gasteiger partial charge is 0.0568 e. The molecule has 1 N–H and O–H groups in total. The lowest BCUT2D eigenvalue weighted by Gasteiger charge is -2.17. The van der Waals surface area contributed by atoms with Gasteiger partial charge < -0.3 is 5.11 Å². The molecule has 0 aliphatic heterocycles. The van der Waals surface area contributed by atoms with Gasteiger partial charge in [0.05, 0.1) is 6.10 Å². The van der Waals surface area contributed by atoms with Crippen LogP contribution in [0.5, 0.6) is 0 Å². The number of rotatable bonds is 5. The van der Waals surface area contributed by atoms with Crippen LogP contribution in [0.15, 0.2) is 0 Å². The van der Waals surface area contributed by atoms with E-state index in [1.54, 1.807) is 0 Å². The van der Waals surface area contributed by atoms with Gasteiger partial charge in [0, 0.05) is 0 Å². The molecule has 82 valence electrons. The van der Waals surface area contributed by atoms with Crippen LogP contribution in [0.3, 0.4) is 0 Å². The Labute approximate surface area is 87.9 Å². The molecule has 2 aliphatic carbocycles. The van der Waals surface area contributed by atoms with Crippen LogP contribution < -0.4 is 0 Å². The van der Waals surface area contributed by atoms with Crippen molar-refractivity contribution in [1.82, 2.24) is 0 Å². The molecule has 3 atom stereocenters. The quantitative estimate of drug-likeness (QED) is 0.715. The van der Waals surface area contributed by atoms with Crippen molar-refractivity contribution >= 4 is 0 Å². The highest BCUT2D eigenvalue weighted by molar-refractivity contribution is 4.82. The zero-order valence-corrected chi connectivity index (χ0v) is 9.41. The normalized spacial score (nSPS) is 34.7. The first-order valence-electron chi connectivity index (χ1n) is 6.47. The summed E-state index contributed by atoms with van der Waals surface area (Å²) < 4.78 is 0. The third-order valence-electron chi connectivity index (χ3n) is 4.27. The molecule has 0 radical (unpaired) electrons. The topological polar surface area (TPSA) is 20.2 Å². The minimum absolute atomic E-state index is 0.0205. The van der Waals surface area contributed by atoms with Crippen molar-refractivity contribution in [2.24, 2.45) is 17.8 Å². The predicted molar refractivity (Wildman–Crippen MR) is 59.1 cm³/mol. The first kappa shape index (κ1) is 10.5. The van der Waals surface area contributed by atoms with Crippen LogP contribution in [0.25, 0.3) is 0 Å². The van der Waals surface area contributed by atoms with E-state index in [1.165, 1.54) is 44.9 Å². The summed E-state index contributed by atoms with van der Waals surface area (Å²) in [6.07, 6.45) is 10.5. The summed E-state index contributed by atoms with van der Waals surface area (Å²) in [6.45, 7) is 2.28. The Morgan fingerprint density at radius 1 is 1.14 bits per heavy atom. The fourth-order valence-electron chi connectivity index (χ4n) is 2.88. The molecular weight excluding hydrogens is 172 g/mol. The summed E-state index contributed by atoms with van der Waals surface area (Å²) in [5, 5.41) is 10.0. The molecule has 2 fully saturated rings. The lowest BCUT2D eigenvalue weighted by Crippen LogP contribution is -2.18. The second-order valence-electron chi connectivity index (χ2n) is 5.44. The van der Waals surface area contributed by atoms with Gasteiger partial charge in [0.25, 0.3) is 0 Å². The summed E-state index contributed by atoms with van der Waals surface area (Å²) in [4.78, 5) is 0. The van der Waals surface area contributed by atoms with E-state index in [1.807, 2.05) is 0 Å². The van der Waals surface area contributed by atoms with Crippen LogP contribution >= 0.6 is 0 Å². The molecule has 14 heavy (non-hydrogen) atoms. The third-order valence-corrected chi connectivity index (χ3v) is 4.27. The van der Waals surface area contributed by atoms with E-state index in [4.69, 9.17) is 0 Å². The van der Waals surface area contributed by atoms with Crippen LogP contribution in [0.4, 0.5) is 0 Å². The van der Waals surface area contributed by atoms with Crippen LogP contribution in [0.2, 0.25) is 0 Å². The van der Waals surface area contributed by atoms with Crippen LogP contribution in [-0.2, 0) is 0 Å². The molecule has 0 aromatic heterocycles. The predicted octanol–water partition coefficient (Wildman–Crippen LogP) is 3.36. The highest BCUT2D eigenvalue weighted by atomic mass is 16.3. The number of hydrogen-bond acceptors (Lipinski definition) is 1. The van der Waals surface area contributed by atoms with E-state index >= 15 is 0 Å². The minimum Gasteiger partial charge on any atom is -0.393 e. The lowest BCUT2D eigenvalue weighted by atomic mass is 9.94. The fourth-order valence-corrected chi connectivity index (χ4v) is 2.88. The fraction of sp³-hybridized carbons (Fsp3) is 1.00. The minimum atomic E-state index is 0.0205. The van der Waals surface area contributed by atoms with Crippen molar-refractivity contribution in [3.63, 3.8) is 0 Å². The van der Waals surface area contributed by atoms with Crippen LogP contribution in [0.1, 0.15) is 58.3 Å². The zero-order chi connectivity index (χ0) is 9.97. The SMILES string of the molecule is CCC1CCC(C(O)CCC2CC2)C1. The lowest BCUT2D eigenvalue weighted by molar-refractivity contribution is 0.0958. The van der Waals surface area contributed by atoms with Gasteiger partial charge in [-0.05, 0) is 43.4 Å². The van der Waals surface area contributed by atoms with E-state index in [0.29, 0.717) is 5.92 Å². The maximum Gasteiger partial charge on any atom is 0.0568 e. The summed E-state index contributed by atoms with van der Waals surface area (Å²) in [6, 6.07) is 0. The number of aliphatic hydroxyl groups is 1. The largest absolute Gasteiger partial charge is 0.393 e. The molecule has 0 amide bonds. The van der Waals surface area contributed by atoms with Crippen molar-refractivity contribution in [2.75, 3.05) is 0 Å². The summed E-state index contributed by atoms with van der Waals surface area (Å²) >= 11 is 0. The first-order valence-corrected chi connectivity index (χ1v) is 6.47. The Hall–Kier alpha value is -0.0400. The maximum absolute atomic E-state index is 10.0. The van der Waals surface area contributed by atoms with E-state index in [0.717, 1.165) is 18.3 Å². The molecule has 0 aromatic carbocycles. The van der Waals surface area contributed by atoms with Crippen molar-refractivity contribution in [3.05, 3.63) is 0 Å². The second kappa shape index (κ2) is 4.65. The number of aliphatic hydroxyl groups excluding tert-OH is 1. The van der Waals surface area contributed by atoms with Gasteiger partial charge in [-0.3, -0.25) is 0 Å². The van der Waals surface area contributed by atoms with Gasteiger partial charge in [-0.15, -0.1) is 0 Å². The second-order valence-corrected chi connectivity index (χ2v) is 5.44. The molecule has 0 saturated heterocycles. The molecule has 2 rings (SSSR count). The van der Waals surface area contributed by atoms with Crippen molar-refractivity contribution < 1.29 is 5.11 Å². The average Bonchev–Trinajstić information content (AvgIpc) is 2.90. The van der Waals surface area contributed by atoms with Crippen molar-refractivity contribution in [2.45, 2.75) is 64.4 Å². The average molecular weight is 196 g/mol. The van der Waals surface area contributed by atoms with Gasteiger partial charge in [0.15, 0.2) is 0 Å². The molecule has 0 aromatic rings. The molecule has 3 unspecified atom stereocenters. The molecule has 0 bridgehead atoms.